The van der Waals surface area contributed by atoms with Crippen LogP contribution in [0.1, 0.15) is 33.2 Å². The number of benzene rings is 2. The van der Waals surface area contributed by atoms with E-state index in [9.17, 15) is 14.7 Å². The van der Waals surface area contributed by atoms with Crippen molar-refractivity contribution < 1.29 is 19.4 Å². The van der Waals surface area contributed by atoms with Gasteiger partial charge in [-0.05, 0) is 69.7 Å². The highest BCUT2D eigenvalue weighted by Crippen LogP contribution is 2.32. The van der Waals surface area contributed by atoms with Crippen molar-refractivity contribution in [3.05, 3.63) is 77.3 Å². The number of nitrogens with zero attached hydrogens (tertiary/aromatic N) is 6. The number of piperidine rings is 1. The highest BCUT2D eigenvalue weighted by atomic mass is 16.6. The summed E-state index contributed by atoms with van der Waals surface area (Å²) in [5.41, 5.74) is 0.677. The number of aliphatic imine (C=N–C) groups is 1. The van der Waals surface area contributed by atoms with Crippen molar-refractivity contribution in [2.45, 2.75) is 44.9 Å². The molecule has 0 bridgehead atoms. The number of rotatable bonds is 6. The van der Waals surface area contributed by atoms with Crippen molar-refractivity contribution in [3.8, 4) is 17.2 Å². The summed E-state index contributed by atoms with van der Waals surface area (Å²) >= 11 is 0. The Kier molecular flexibility index (Phi) is 8.04. The van der Waals surface area contributed by atoms with Crippen LogP contribution in [-0.2, 0) is 4.74 Å². The lowest BCUT2D eigenvalue weighted by Crippen LogP contribution is -2.49. The monoisotopic (exact) mass is 572 g/mol. The summed E-state index contributed by atoms with van der Waals surface area (Å²) in [6, 6.07) is 17.9. The summed E-state index contributed by atoms with van der Waals surface area (Å²) in [4.78, 5) is 39.5. The molecular weight excluding hydrogens is 536 g/mol. The number of para-hydroxylation sites is 1. The maximum atomic E-state index is 14.3. The summed E-state index contributed by atoms with van der Waals surface area (Å²) in [5.74, 6) is 1.69. The van der Waals surface area contributed by atoms with Crippen molar-refractivity contribution in [2.75, 3.05) is 27.2 Å². The van der Waals surface area contributed by atoms with E-state index in [1.54, 1.807) is 77.7 Å². The standard InChI is InChI=1S/C31H36N6O5/c1-31(2,3)42-30(40)35-18-22(17-23(38)19-35)36-26-15-16-32-28(33-20-34(4)5)27(26)37(29(36)39)21-11-13-25(14-12-21)41-24-9-7-6-8-10-24/h6-16,20,22-23,38H,17-19H2,1-5H3/b33-20-/t22-,23-/m1/s1. The third-order valence-corrected chi connectivity index (χ3v) is 6.67. The number of pyridine rings is 1. The van der Waals surface area contributed by atoms with Gasteiger partial charge in [0.25, 0.3) is 0 Å². The molecule has 42 heavy (non-hydrogen) atoms. The van der Waals surface area contributed by atoms with E-state index in [-0.39, 0.29) is 18.8 Å². The van der Waals surface area contributed by atoms with Gasteiger partial charge in [0.05, 0.1) is 36.2 Å². The molecule has 3 heterocycles. The van der Waals surface area contributed by atoms with Gasteiger partial charge in [0, 0.05) is 26.8 Å². The van der Waals surface area contributed by atoms with E-state index in [0.29, 0.717) is 40.5 Å². The van der Waals surface area contributed by atoms with Gasteiger partial charge in [-0.1, -0.05) is 18.2 Å². The van der Waals surface area contributed by atoms with Crippen LogP contribution in [0.3, 0.4) is 0 Å². The van der Waals surface area contributed by atoms with E-state index in [0.717, 1.165) is 0 Å². The minimum absolute atomic E-state index is 0.127. The minimum Gasteiger partial charge on any atom is -0.457 e. The number of carbonyl (C=O) groups excluding carboxylic acids is 1. The summed E-state index contributed by atoms with van der Waals surface area (Å²) < 4.78 is 14.7. The van der Waals surface area contributed by atoms with Gasteiger partial charge in [0.1, 0.15) is 22.6 Å². The second kappa shape index (κ2) is 11.7. The van der Waals surface area contributed by atoms with Crippen LogP contribution in [0.15, 0.2) is 76.6 Å². The normalized spacial score (nSPS) is 17.5. The number of likely N-dealkylation sites (tertiary alicyclic amines) is 1. The summed E-state index contributed by atoms with van der Waals surface area (Å²) in [6.07, 6.45) is 2.16. The molecule has 220 valence electrons. The number of hydrogen-bond donors (Lipinski definition) is 1. The quantitative estimate of drug-likeness (QED) is 0.262. The predicted molar refractivity (Wildman–Crippen MR) is 161 cm³/mol. The molecule has 1 aliphatic heterocycles. The number of hydrogen-bond acceptors (Lipinski definition) is 7. The molecule has 0 saturated carbocycles. The molecule has 2 aromatic carbocycles. The zero-order valence-electron chi connectivity index (χ0n) is 24.5. The SMILES string of the molecule is CN(C)/C=N\c1nccc2c1n(-c1ccc(Oc3ccccc3)cc1)c(=O)n2[C@@H]1C[C@@H](O)CN(C(=O)OC(C)(C)C)C1. The third-order valence-electron chi connectivity index (χ3n) is 6.67. The van der Waals surface area contributed by atoms with Crippen molar-refractivity contribution in [3.63, 3.8) is 0 Å². The molecule has 2 aromatic heterocycles. The summed E-state index contributed by atoms with van der Waals surface area (Å²) in [5, 5.41) is 10.8. The fourth-order valence-corrected chi connectivity index (χ4v) is 5.00. The van der Waals surface area contributed by atoms with Crippen LogP contribution in [0.4, 0.5) is 10.6 Å². The number of aromatic nitrogens is 3. The van der Waals surface area contributed by atoms with E-state index in [2.05, 4.69) is 9.98 Å². The first-order valence-electron chi connectivity index (χ1n) is 13.8. The maximum Gasteiger partial charge on any atom is 0.410 e. The Morgan fingerprint density at radius 3 is 2.40 bits per heavy atom. The number of carbonyl (C=O) groups is 1. The zero-order valence-corrected chi connectivity index (χ0v) is 24.5. The van der Waals surface area contributed by atoms with E-state index in [1.165, 1.54) is 4.90 Å². The molecule has 1 amide bonds. The highest BCUT2D eigenvalue weighted by molar-refractivity contribution is 5.88. The lowest BCUT2D eigenvalue weighted by atomic mass is 10.0. The lowest BCUT2D eigenvalue weighted by Gasteiger charge is -2.36. The van der Waals surface area contributed by atoms with Crippen LogP contribution in [0.25, 0.3) is 16.7 Å². The summed E-state index contributed by atoms with van der Waals surface area (Å²) in [6.45, 7) is 5.70. The van der Waals surface area contributed by atoms with Crippen molar-refractivity contribution in [1.29, 1.82) is 0 Å². The van der Waals surface area contributed by atoms with Crippen LogP contribution in [0.2, 0.25) is 0 Å². The molecule has 11 heteroatoms. The van der Waals surface area contributed by atoms with Crippen molar-refractivity contribution in [1.82, 2.24) is 23.9 Å². The van der Waals surface area contributed by atoms with Crippen molar-refractivity contribution >= 4 is 29.3 Å². The molecule has 0 radical (unpaired) electrons. The van der Waals surface area contributed by atoms with E-state index >= 15 is 0 Å². The molecule has 0 spiro atoms. The smallest absolute Gasteiger partial charge is 0.410 e. The minimum atomic E-state index is -0.830. The molecular formula is C31H36N6O5. The average molecular weight is 573 g/mol. The van der Waals surface area contributed by atoms with E-state index in [4.69, 9.17) is 9.47 Å². The number of ether oxygens (including phenoxy) is 2. The Morgan fingerprint density at radius 1 is 1.05 bits per heavy atom. The molecule has 4 aromatic rings. The first-order chi connectivity index (χ1) is 20.0. The number of aliphatic hydroxyl groups excluding tert-OH is 1. The van der Waals surface area contributed by atoms with Gasteiger partial charge in [0.15, 0.2) is 5.82 Å². The molecule has 1 aliphatic rings. The van der Waals surface area contributed by atoms with Crippen LogP contribution >= 0.6 is 0 Å². The Balaban J connectivity index is 1.60. The third kappa shape index (κ3) is 6.31. The topological polar surface area (TPSA) is 114 Å². The van der Waals surface area contributed by atoms with E-state index in [1.807, 2.05) is 44.4 Å². The molecule has 0 unspecified atom stereocenters. The molecule has 1 fully saturated rings. The fourth-order valence-electron chi connectivity index (χ4n) is 5.00. The molecule has 11 nitrogen and oxygen atoms in total. The Labute approximate surface area is 244 Å². The number of imidazole rings is 1. The lowest BCUT2D eigenvalue weighted by molar-refractivity contribution is -0.00568. The Hall–Kier alpha value is -4.64. The Morgan fingerprint density at radius 2 is 1.74 bits per heavy atom. The van der Waals surface area contributed by atoms with Crippen molar-refractivity contribution in [2.24, 2.45) is 4.99 Å². The number of amides is 1. The molecule has 1 N–H and O–H groups in total. The van der Waals surface area contributed by atoms with Crippen LogP contribution in [-0.4, -0.2) is 80.3 Å². The number of β-amino-alcohol motifs (C(OH)–C–C–N with tert-alkyl or cyclic N) is 1. The van der Waals surface area contributed by atoms with Gasteiger partial charge >= 0.3 is 11.8 Å². The highest BCUT2D eigenvalue weighted by Gasteiger charge is 2.35. The van der Waals surface area contributed by atoms with Gasteiger partial charge in [-0.25, -0.2) is 19.6 Å². The predicted octanol–water partition coefficient (Wildman–Crippen LogP) is 4.74. The molecule has 0 aliphatic carbocycles. The Bertz CT molecular complexity index is 1640. The van der Waals surface area contributed by atoms with Gasteiger partial charge in [0.2, 0.25) is 0 Å². The molecule has 5 rings (SSSR count). The van der Waals surface area contributed by atoms with Gasteiger partial charge in [-0.3, -0.25) is 9.13 Å². The van der Waals surface area contributed by atoms with Gasteiger partial charge in [-0.15, -0.1) is 0 Å². The maximum absolute atomic E-state index is 14.3. The van der Waals surface area contributed by atoms with Crippen LogP contribution in [0, 0.1) is 0 Å². The van der Waals surface area contributed by atoms with Crippen LogP contribution in [0.5, 0.6) is 11.5 Å². The van der Waals surface area contributed by atoms with Gasteiger partial charge < -0.3 is 24.4 Å². The molecule has 1 saturated heterocycles. The summed E-state index contributed by atoms with van der Waals surface area (Å²) in [7, 11) is 3.70. The zero-order chi connectivity index (χ0) is 30.0. The number of aliphatic hydroxyl groups is 1. The van der Waals surface area contributed by atoms with E-state index < -0.39 is 23.8 Å². The molecule has 2 atom stereocenters. The fraction of sp³-hybridized carbons (Fsp3) is 0.355. The first kappa shape index (κ1) is 28.9. The van der Waals surface area contributed by atoms with Crippen LogP contribution < -0.4 is 10.4 Å². The average Bonchev–Trinajstić information content (AvgIpc) is 3.24. The largest absolute Gasteiger partial charge is 0.457 e. The second-order valence-electron chi connectivity index (χ2n) is 11.5. The first-order valence-corrected chi connectivity index (χ1v) is 13.8. The van der Waals surface area contributed by atoms with Gasteiger partial charge in [-0.2, -0.15) is 0 Å². The number of fused-ring (bicyclic) bond motifs is 1. The second-order valence-corrected chi connectivity index (χ2v) is 11.5.